The molecule has 0 spiro atoms. The topological polar surface area (TPSA) is 92.8 Å². The number of nitrogens with one attached hydrogen (secondary N) is 1. The van der Waals surface area contributed by atoms with Gasteiger partial charge in [-0.25, -0.2) is 13.2 Å². The van der Waals surface area contributed by atoms with E-state index in [1.807, 2.05) is 24.3 Å². The van der Waals surface area contributed by atoms with Gasteiger partial charge in [-0.1, -0.05) is 24.3 Å². The Morgan fingerprint density at radius 1 is 1.06 bits per heavy atom. The van der Waals surface area contributed by atoms with Gasteiger partial charge in [-0.2, -0.15) is 4.31 Å². The lowest BCUT2D eigenvalue weighted by Crippen LogP contribution is -2.35. The molecule has 0 aliphatic carbocycles. The van der Waals surface area contributed by atoms with Crippen LogP contribution in [0.5, 0.6) is 0 Å². The molecule has 32 heavy (non-hydrogen) atoms. The summed E-state index contributed by atoms with van der Waals surface area (Å²) in [6, 6.07) is 15.2. The molecule has 2 aromatic carbocycles. The minimum absolute atomic E-state index is 0.136. The van der Waals surface area contributed by atoms with Gasteiger partial charge in [0.05, 0.1) is 17.1 Å². The molecule has 0 atom stereocenters. The van der Waals surface area contributed by atoms with Gasteiger partial charge in [0.15, 0.2) is 0 Å². The molecule has 3 aromatic rings. The smallest absolute Gasteiger partial charge is 0.341 e. The molecule has 1 aliphatic heterocycles. The number of carbonyl (C=O) groups excluding carboxylic acids is 2. The van der Waals surface area contributed by atoms with Crippen LogP contribution in [0.2, 0.25) is 0 Å². The average molecular weight is 471 g/mol. The second-order valence-electron chi connectivity index (χ2n) is 7.22. The van der Waals surface area contributed by atoms with Crippen molar-refractivity contribution in [2.24, 2.45) is 0 Å². The number of carbonyl (C=O) groups is 2. The summed E-state index contributed by atoms with van der Waals surface area (Å²) in [6.07, 6.45) is 0.666. The van der Waals surface area contributed by atoms with Crippen molar-refractivity contribution in [2.45, 2.75) is 24.8 Å². The molecule has 1 amide bonds. The van der Waals surface area contributed by atoms with E-state index >= 15 is 0 Å². The molecule has 7 nitrogen and oxygen atoms in total. The maximum Gasteiger partial charge on any atom is 0.341 e. The summed E-state index contributed by atoms with van der Waals surface area (Å²) in [5.74, 6) is -0.942. The molecule has 9 heteroatoms. The Hall–Kier alpha value is -3.01. The SMILES string of the molecule is CCOC(=O)c1ccsc1NC(=O)c1ccc(S(=O)(=O)N2CCc3ccccc3C2)cc1. The van der Waals surface area contributed by atoms with E-state index in [1.165, 1.54) is 45.5 Å². The van der Waals surface area contributed by atoms with Gasteiger partial charge in [0.25, 0.3) is 5.91 Å². The van der Waals surface area contributed by atoms with Crippen LogP contribution in [0, 0.1) is 0 Å². The zero-order valence-electron chi connectivity index (χ0n) is 17.4. The standard InChI is InChI=1S/C23H22N2O5S2/c1-2-30-23(27)20-12-14-31-22(20)24-21(26)17-7-9-19(10-8-17)32(28,29)25-13-11-16-5-3-4-6-18(16)15-25/h3-10,12,14H,2,11,13,15H2,1H3,(H,24,26). The molecular formula is C23H22N2O5S2. The van der Waals surface area contributed by atoms with Crippen LogP contribution < -0.4 is 5.32 Å². The van der Waals surface area contributed by atoms with Crippen LogP contribution in [-0.2, 0) is 27.7 Å². The molecule has 1 aromatic heterocycles. The summed E-state index contributed by atoms with van der Waals surface area (Å²) >= 11 is 1.21. The third-order valence-electron chi connectivity index (χ3n) is 5.24. The number of ether oxygens (including phenoxy) is 1. The fraction of sp³-hybridized carbons (Fsp3) is 0.217. The van der Waals surface area contributed by atoms with E-state index in [9.17, 15) is 18.0 Å². The number of rotatable bonds is 6. The second kappa shape index (κ2) is 9.23. The Morgan fingerprint density at radius 3 is 2.50 bits per heavy atom. The number of fused-ring (bicyclic) bond motifs is 1. The molecular weight excluding hydrogens is 448 g/mol. The second-order valence-corrected chi connectivity index (χ2v) is 10.1. The molecule has 1 aliphatic rings. The number of thiophene rings is 1. The molecule has 0 saturated carbocycles. The Labute approximate surface area is 190 Å². The third kappa shape index (κ3) is 4.45. The summed E-state index contributed by atoms with van der Waals surface area (Å²) in [6.45, 7) is 2.69. The number of hydrogen-bond donors (Lipinski definition) is 1. The van der Waals surface area contributed by atoms with Crippen molar-refractivity contribution in [2.75, 3.05) is 18.5 Å². The normalized spacial score (nSPS) is 13.9. The van der Waals surface area contributed by atoms with Gasteiger partial charge in [-0.05, 0) is 60.2 Å². The van der Waals surface area contributed by atoms with Crippen LogP contribution in [0.1, 0.15) is 38.8 Å². The van der Waals surface area contributed by atoms with Crippen LogP contribution in [0.25, 0.3) is 0 Å². The largest absolute Gasteiger partial charge is 0.462 e. The zero-order chi connectivity index (χ0) is 22.7. The molecule has 4 rings (SSSR count). The summed E-state index contributed by atoms with van der Waals surface area (Å²) in [5.41, 5.74) is 2.75. The lowest BCUT2D eigenvalue weighted by Gasteiger charge is -2.28. The molecule has 0 radical (unpaired) electrons. The highest BCUT2D eigenvalue weighted by atomic mass is 32.2. The maximum atomic E-state index is 13.1. The van der Waals surface area contributed by atoms with E-state index < -0.39 is 21.9 Å². The van der Waals surface area contributed by atoms with Crippen molar-refractivity contribution >= 4 is 38.2 Å². The first-order valence-electron chi connectivity index (χ1n) is 10.1. The van der Waals surface area contributed by atoms with Crippen LogP contribution in [0.4, 0.5) is 5.00 Å². The molecule has 0 saturated heterocycles. The van der Waals surface area contributed by atoms with Gasteiger partial charge in [-0.3, -0.25) is 4.79 Å². The highest BCUT2D eigenvalue weighted by molar-refractivity contribution is 7.89. The highest BCUT2D eigenvalue weighted by Gasteiger charge is 2.28. The third-order valence-corrected chi connectivity index (χ3v) is 7.93. The Kier molecular flexibility index (Phi) is 6.40. The summed E-state index contributed by atoms with van der Waals surface area (Å²) in [5, 5.41) is 4.77. The van der Waals surface area contributed by atoms with Crippen molar-refractivity contribution in [3.8, 4) is 0 Å². The lowest BCUT2D eigenvalue weighted by molar-refractivity contribution is 0.0528. The quantitative estimate of drug-likeness (QED) is 0.551. The lowest BCUT2D eigenvalue weighted by atomic mass is 10.0. The van der Waals surface area contributed by atoms with Gasteiger partial charge in [0.2, 0.25) is 10.0 Å². The Balaban J connectivity index is 1.48. The predicted molar refractivity (Wildman–Crippen MR) is 122 cm³/mol. The van der Waals surface area contributed by atoms with Gasteiger partial charge in [0, 0.05) is 18.7 Å². The summed E-state index contributed by atoms with van der Waals surface area (Å²) in [7, 11) is -3.68. The summed E-state index contributed by atoms with van der Waals surface area (Å²) < 4.78 is 32.6. The number of benzene rings is 2. The summed E-state index contributed by atoms with van der Waals surface area (Å²) in [4.78, 5) is 24.8. The average Bonchev–Trinajstić information content (AvgIpc) is 3.27. The number of esters is 1. The van der Waals surface area contributed by atoms with E-state index in [0.717, 1.165) is 5.56 Å². The highest BCUT2D eigenvalue weighted by Crippen LogP contribution is 2.27. The number of anilines is 1. The number of hydrogen-bond acceptors (Lipinski definition) is 6. The van der Waals surface area contributed by atoms with E-state index in [4.69, 9.17) is 4.74 Å². The first-order chi connectivity index (χ1) is 15.4. The number of amides is 1. The first-order valence-corrected chi connectivity index (χ1v) is 12.4. The van der Waals surface area contributed by atoms with Crippen molar-refractivity contribution in [3.63, 3.8) is 0 Å². The van der Waals surface area contributed by atoms with Crippen molar-refractivity contribution < 1.29 is 22.7 Å². The van der Waals surface area contributed by atoms with Gasteiger partial charge in [-0.15, -0.1) is 11.3 Å². The number of nitrogens with zero attached hydrogens (tertiary/aromatic N) is 1. The van der Waals surface area contributed by atoms with E-state index in [2.05, 4.69) is 5.32 Å². The van der Waals surface area contributed by atoms with Gasteiger partial charge >= 0.3 is 5.97 Å². The fourth-order valence-corrected chi connectivity index (χ4v) is 5.74. The van der Waals surface area contributed by atoms with Gasteiger partial charge < -0.3 is 10.1 Å². The minimum atomic E-state index is -3.68. The van der Waals surface area contributed by atoms with E-state index in [0.29, 0.717) is 24.5 Å². The fourth-order valence-electron chi connectivity index (χ4n) is 3.55. The van der Waals surface area contributed by atoms with E-state index in [1.54, 1.807) is 18.4 Å². The zero-order valence-corrected chi connectivity index (χ0v) is 19.0. The monoisotopic (exact) mass is 470 g/mol. The predicted octanol–water partition coefficient (Wildman–Crippen LogP) is 3.92. The first kappa shape index (κ1) is 22.2. The van der Waals surface area contributed by atoms with Crippen molar-refractivity contribution in [1.82, 2.24) is 4.31 Å². The molecule has 1 N–H and O–H groups in total. The Bertz CT molecular complexity index is 1250. The molecule has 0 bridgehead atoms. The van der Waals surface area contributed by atoms with Crippen LogP contribution in [-0.4, -0.2) is 37.8 Å². The molecule has 0 unspecified atom stereocenters. The van der Waals surface area contributed by atoms with E-state index in [-0.39, 0.29) is 22.6 Å². The molecule has 166 valence electrons. The van der Waals surface area contributed by atoms with Crippen LogP contribution in [0.15, 0.2) is 64.9 Å². The Morgan fingerprint density at radius 2 is 1.78 bits per heavy atom. The maximum absolute atomic E-state index is 13.1. The number of sulfonamides is 1. The van der Waals surface area contributed by atoms with Gasteiger partial charge in [0.1, 0.15) is 5.00 Å². The van der Waals surface area contributed by atoms with Crippen LogP contribution >= 0.6 is 11.3 Å². The molecule has 2 heterocycles. The van der Waals surface area contributed by atoms with Crippen molar-refractivity contribution in [1.29, 1.82) is 0 Å². The minimum Gasteiger partial charge on any atom is -0.462 e. The molecule has 0 fully saturated rings. The van der Waals surface area contributed by atoms with Crippen molar-refractivity contribution in [3.05, 3.63) is 82.2 Å². The van der Waals surface area contributed by atoms with Crippen LogP contribution in [0.3, 0.4) is 0 Å².